The van der Waals surface area contributed by atoms with Crippen molar-refractivity contribution < 1.29 is 4.79 Å². The highest BCUT2D eigenvalue weighted by Gasteiger charge is 2.12. The van der Waals surface area contributed by atoms with E-state index in [1.807, 2.05) is 20.2 Å². The number of aromatic nitrogens is 5. The number of nitrogens with one attached hydrogen (secondary N) is 1. The van der Waals surface area contributed by atoms with Gasteiger partial charge in [0.15, 0.2) is 5.69 Å². The minimum atomic E-state index is -0.251. The lowest BCUT2D eigenvalue weighted by molar-refractivity contribution is 0.0945. The number of amides is 1. The monoisotopic (exact) mass is 277 g/mol. The van der Waals surface area contributed by atoms with Gasteiger partial charge in [-0.2, -0.15) is 5.10 Å². The number of hydrogen-bond donors (Lipinski definition) is 2. The van der Waals surface area contributed by atoms with Crippen molar-refractivity contribution in [3.8, 4) is 0 Å². The summed E-state index contributed by atoms with van der Waals surface area (Å²) in [5.41, 5.74) is 7.71. The summed E-state index contributed by atoms with van der Waals surface area (Å²) in [4.78, 5) is 12.0. The molecule has 108 valence electrons. The minimum Gasteiger partial charge on any atom is -0.346 e. The summed E-state index contributed by atoms with van der Waals surface area (Å²) in [6.07, 6.45) is 4.33. The Kier molecular flexibility index (Phi) is 4.46. The van der Waals surface area contributed by atoms with E-state index < -0.39 is 0 Å². The number of nitrogens with zero attached hydrogens (tertiary/aromatic N) is 5. The first-order valence-electron chi connectivity index (χ1n) is 6.53. The van der Waals surface area contributed by atoms with Crippen LogP contribution in [0, 0.1) is 0 Å². The van der Waals surface area contributed by atoms with Crippen molar-refractivity contribution in [2.24, 2.45) is 12.8 Å². The fraction of sp³-hybridized carbons (Fsp3) is 0.500. The molecule has 0 aromatic carbocycles. The maximum absolute atomic E-state index is 12.0. The molecule has 8 heteroatoms. The third kappa shape index (κ3) is 3.21. The second-order valence-corrected chi connectivity index (χ2v) is 4.47. The molecule has 0 saturated carbocycles. The first-order chi connectivity index (χ1) is 9.63. The van der Waals surface area contributed by atoms with E-state index in [2.05, 4.69) is 20.7 Å². The predicted octanol–water partition coefficient (Wildman–Crippen LogP) is -0.537. The molecular weight excluding hydrogens is 258 g/mol. The van der Waals surface area contributed by atoms with Crippen LogP contribution >= 0.6 is 0 Å². The molecule has 0 aliphatic rings. The smallest absolute Gasteiger partial charge is 0.273 e. The van der Waals surface area contributed by atoms with Crippen LogP contribution in [0.25, 0.3) is 0 Å². The SMILES string of the molecule is CCc1nn(C)cc1CNC(=O)c1cn(CCN)nn1. The van der Waals surface area contributed by atoms with Crippen molar-refractivity contribution in [1.82, 2.24) is 30.1 Å². The van der Waals surface area contributed by atoms with E-state index in [-0.39, 0.29) is 5.91 Å². The molecule has 2 aromatic rings. The van der Waals surface area contributed by atoms with Crippen LogP contribution < -0.4 is 11.1 Å². The molecule has 0 atom stereocenters. The topological polar surface area (TPSA) is 104 Å². The van der Waals surface area contributed by atoms with Gasteiger partial charge in [0.05, 0.1) is 18.4 Å². The maximum atomic E-state index is 12.0. The number of nitrogens with two attached hydrogens (primary N) is 1. The molecule has 2 aromatic heterocycles. The normalized spacial score (nSPS) is 10.8. The van der Waals surface area contributed by atoms with Gasteiger partial charge >= 0.3 is 0 Å². The maximum Gasteiger partial charge on any atom is 0.273 e. The molecule has 0 saturated heterocycles. The summed E-state index contributed by atoms with van der Waals surface area (Å²) in [5, 5.41) is 14.8. The highest BCUT2D eigenvalue weighted by atomic mass is 16.2. The zero-order valence-corrected chi connectivity index (χ0v) is 11.7. The summed E-state index contributed by atoms with van der Waals surface area (Å²) < 4.78 is 3.30. The lowest BCUT2D eigenvalue weighted by atomic mass is 10.2. The van der Waals surface area contributed by atoms with E-state index in [9.17, 15) is 4.79 Å². The van der Waals surface area contributed by atoms with E-state index >= 15 is 0 Å². The quantitative estimate of drug-likeness (QED) is 0.738. The molecule has 0 unspecified atom stereocenters. The van der Waals surface area contributed by atoms with Crippen molar-refractivity contribution in [2.45, 2.75) is 26.4 Å². The summed E-state index contributed by atoms with van der Waals surface area (Å²) in [6.45, 7) is 3.47. The van der Waals surface area contributed by atoms with Gasteiger partial charge in [0.1, 0.15) is 0 Å². The number of rotatable bonds is 6. The van der Waals surface area contributed by atoms with Gasteiger partial charge in [-0.25, -0.2) is 0 Å². The molecule has 0 fully saturated rings. The Labute approximate surface area is 116 Å². The van der Waals surface area contributed by atoms with Crippen LogP contribution in [0.5, 0.6) is 0 Å². The lowest BCUT2D eigenvalue weighted by Gasteiger charge is -2.02. The standard InChI is InChI=1S/C12H19N7O/c1-3-10-9(7-18(2)16-10)6-14-12(20)11-8-19(5-4-13)17-15-11/h7-8H,3-6,13H2,1-2H3,(H,14,20). The molecule has 0 spiro atoms. The Morgan fingerprint density at radius 1 is 1.45 bits per heavy atom. The van der Waals surface area contributed by atoms with E-state index in [1.54, 1.807) is 15.6 Å². The average Bonchev–Trinajstić information content (AvgIpc) is 3.03. The Bertz CT molecular complexity index is 586. The van der Waals surface area contributed by atoms with Crippen LogP contribution in [0.4, 0.5) is 0 Å². The van der Waals surface area contributed by atoms with Gasteiger partial charge in [0.25, 0.3) is 5.91 Å². The predicted molar refractivity (Wildman–Crippen MR) is 72.8 cm³/mol. The molecule has 8 nitrogen and oxygen atoms in total. The summed E-state index contributed by atoms with van der Waals surface area (Å²) >= 11 is 0. The Balaban J connectivity index is 1.97. The summed E-state index contributed by atoms with van der Waals surface area (Å²) in [6, 6.07) is 0. The molecule has 0 radical (unpaired) electrons. The van der Waals surface area contributed by atoms with Gasteiger partial charge in [0, 0.05) is 31.9 Å². The zero-order valence-electron chi connectivity index (χ0n) is 11.7. The minimum absolute atomic E-state index is 0.251. The Hall–Kier alpha value is -2.22. The highest BCUT2D eigenvalue weighted by Crippen LogP contribution is 2.07. The lowest BCUT2D eigenvalue weighted by Crippen LogP contribution is -2.23. The van der Waals surface area contributed by atoms with Crippen LogP contribution in [0.2, 0.25) is 0 Å². The molecule has 0 aliphatic heterocycles. The fourth-order valence-corrected chi connectivity index (χ4v) is 1.94. The van der Waals surface area contributed by atoms with Crippen LogP contribution in [-0.2, 0) is 26.6 Å². The fourth-order valence-electron chi connectivity index (χ4n) is 1.94. The van der Waals surface area contributed by atoms with Gasteiger partial charge in [-0.3, -0.25) is 14.2 Å². The average molecular weight is 277 g/mol. The van der Waals surface area contributed by atoms with Crippen molar-refractivity contribution >= 4 is 5.91 Å². The summed E-state index contributed by atoms with van der Waals surface area (Å²) in [5.74, 6) is -0.251. The molecule has 3 N–H and O–H groups in total. The highest BCUT2D eigenvalue weighted by molar-refractivity contribution is 5.91. The summed E-state index contributed by atoms with van der Waals surface area (Å²) in [7, 11) is 1.86. The van der Waals surface area contributed by atoms with Crippen LogP contribution in [-0.4, -0.2) is 37.2 Å². The van der Waals surface area contributed by atoms with Crippen molar-refractivity contribution in [1.29, 1.82) is 0 Å². The van der Waals surface area contributed by atoms with E-state index in [1.165, 1.54) is 0 Å². The van der Waals surface area contributed by atoms with Gasteiger partial charge in [0.2, 0.25) is 0 Å². The molecule has 0 bridgehead atoms. The molecular formula is C12H19N7O. The van der Waals surface area contributed by atoms with Crippen LogP contribution in [0.15, 0.2) is 12.4 Å². The van der Waals surface area contributed by atoms with E-state index in [0.717, 1.165) is 17.7 Å². The Morgan fingerprint density at radius 2 is 2.25 bits per heavy atom. The molecule has 20 heavy (non-hydrogen) atoms. The Morgan fingerprint density at radius 3 is 2.95 bits per heavy atom. The largest absolute Gasteiger partial charge is 0.346 e. The van der Waals surface area contributed by atoms with Crippen molar-refractivity contribution in [3.05, 3.63) is 29.3 Å². The van der Waals surface area contributed by atoms with Gasteiger partial charge in [-0.1, -0.05) is 12.1 Å². The van der Waals surface area contributed by atoms with Crippen molar-refractivity contribution in [3.63, 3.8) is 0 Å². The van der Waals surface area contributed by atoms with Crippen molar-refractivity contribution in [2.75, 3.05) is 6.54 Å². The molecule has 0 aliphatic carbocycles. The molecule has 1 amide bonds. The number of hydrogen-bond acceptors (Lipinski definition) is 5. The van der Waals surface area contributed by atoms with Crippen LogP contribution in [0.3, 0.4) is 0 Å². The van der Waals surface area contributed by atoms with E-state index in [0.29, 0.717) is 25.3 Å². The molecule has 2 rings (SSSR count). The second-order valence-electron chi connectivity index (χ2n) is 4.47. The van der Waals surface area contributed by atoms with Gasteiger partial charge < -0.3 is 11.1 Å². The van der Waals surface area contributed by atoms with E-state index in [4.69, 9.17) is 5.73 Å². The third-order valence-electron chi connectivity index (χ3n) is 2.90. The first kappa shape index (κ1) is 14.2. The zero-order chi connectivity index (χ0) is 14.5. The van der Waals surface area contributed by atoms with Gasteiger partial charge in [-0.15, -0.1) is 5.10 Å². The second kappa shape index (κ2) is 6.29. The first-order valence-corrected chi connectivity index (χ1v) is 6.53. The number of aryl methyl sites for hydroxylation is 2. The van der Waals surface area contributed by atoms with Crippen LogP contribution in [0.1, 0.15) is 28.7 Å². The number of carbonyl (C=O) groups is 1. The third-order valence-corrected chi connectivity index (χ3v) is 2.90. The number of carbonyl (C=O) groups excluding carboxylic acids is 1. The van der Waals surface area contributed by atoms with Gasteiger partial charge in [-0.05, 0) is 6.42 Å². The molecule has 2 heterocycles.